The number of halogens is 2. The summed E-state index contributed by atoms with van der Waals surface area (Å²) in [6, 6.07) is 5.84. The summed E-state index contributed by atoms with van der Waals surface area (Å²) < 4.78 is 14.6. The number of hydrogen-bond acceptors (Lipinski definition) is 2. The third-order valence-corrected chi connectivity index (χ3v) is 4.97. The van der Waals surface area contributed by atoms with Gasteiger partial charge in [0.05, 0.1) is 5.56 Å². The van der Waals surface area contributed by atoms with Crippen LogP contribution in [0.15, 0.2) is 22.7 Å². The second-order valence-corrected chi connectivity index (χ2v) is 6.72. The smallest absolute Gasteiger partial charge is 0.256 e. The van der Waals surface area contributed by atoms with Gasteiger partial charge in [-0.1, -0.05) is 15.9 Å². The maximum absolute atomic E-state index is 13.9. The molecule has 1 aromatic rings. The van der Waals surface area contributed by atoms with Gasteiger partial charge < -0.3 is 10.2 Å². The molecular weight excluding hydrogens is 323 g/mol. The highest BCUT2D eigenvalue weighted by atomic mass is 79.9. The van der Waals surface area contributed by atoms with Crippen molar-refractivity contribution < 1.29 is 9.18 Å². The number of benzene rings is 1. The Morgan fingerprint density at radius 2 is 2.00 bits per heavy atom. The molecule has 3 nitrogen and oxygen atoms in total. The molecule has 3 rings (SSSR count). The van der Waals surface area contributed by atoms with E-state index in [-0.39, 0.29) is 17.5 Å². The lowest BCUT2D eigenvalue weighted by molar-refractivity contribution is 0.0677. The molecule has 1 amide bonds. The number of carbonyl (C=O) groups is 1. The molecule has 2 saturated heterocycles. The second-order valence-electron chi connectivity index (χ2n) is 5.80. The van der Waals surface area contributed by atoms with Crippen LogP contribution in [0.3, 0.4) is 0 Å². The van der Waals surface area contributed by atoms with Crippen molar-refractivity contribution in [2.45, 2.75) is 43.8 Å². The number of piperidine rings is 1. The van der Waals surface area contributed by atoms with E-state index in [2.05, 4.69) is 21.2 Å². The first-order chi connectivity index (χ1) is 9.54. The Bertz CT molecular complexity index is 525. The van der Waals surface area contributed by atoms with E-state index >= 15 is 0 Å². The van der Waals surface area contributed by atoms with Crippen molar-refractivity contribution in [3.8, 4) is 0 Å². The Morgan fingerprint density at radius 1 is 1.35 bits per heavy atom. The molecule has 2 bridgehead atoms. The summed E-state index contributed by atoms with van der Waals surface area (Å²) in [5.41, 5.74) is 0.154. The Labute approximate surface area is 126 Å². The summed E-state index contributed by atoms with van der Waals surface area (Å²) in [7, 11) is 1.79. The second kappa shape index (κ2) is 5.45. The van der Waals surface area contributed by atoms with Crippen LogP contribution in [-0.4, -0.2) is 36.0 Å². The largest absolute Gasteiger partial charge is 0.339 e. The van der Waals surface area contributed by atoms with Crippen LogP contribution in [0.25, 0.3) is 0 Å². The number of rotatable bonds is 2. The van der Waals surface area contributed by atoms with Gasteiger partial charge >= 0.3 is 0 Å². The molecule has 0 aromatic heterocycles. The molecule has 108 valence electrons. The van der Waals surface area contributed by atoms with Crippen LogP contribution >= 0.6 is 15.9 Å². The monoisotopic (exact) mass is 340 g/mol. The Kier molecular flexibility index (Phi) is 3.82. The van der Waals surface area contributed by atoms with E-state index < -0.39 is 5.82 Å². The van der Waals surface area contributed by atoms with Gasteiger partial charge in [0.2, 0.25) is 0 Å². The van der Waals surface area contributed by atoms with Crippen LogP contribution in [0.1, 0.15) is 36.0 Å². The van der Waals surface area contributed by atoms with Crippen LogP contribution in [0, 0.1) is 5.82 Å². The quantitative estimate of drug-likeness (QED) is 0.897. The van der Waals surface area contributed by atoms with Crippen molar-refractivity contribution in [3.63, 3.8) is 0 Å². The Morgan fingerprint density at radius 3 is 2.60 bits per heavy atom. The number of hydrogen-bond donors (Lipinski definition) is 1. The maximum Gasteiger partial charge on any atom is 0.256 e. The molecule has 20 heavy (non-hydrogen) atoms. The molecule has 0 aliphatic carbocycles. The van der Waals surface area contributed by atoms with E-state index in [1.165, 1.54) is 18.9 Å². The Balaban J connectivity index is 1.76. The third-order valence-electron chi connectivity index (χ3n) is 4.48. The summed E-state index contributed by atoms with van der Waals surface area (Å²) >= 11 is 3.21. The average Bonchev–Trinajstić information content (AvgIpc) is 2.76. The van der Waals surface area contributed by atoms with Gasteiger partial charge in [-0.05, 0) is 43.9 Å². The predicted molar refractivity (Wildman–Crippen MR) is 79.2 cm³/mol. The molecule has 2 unspecified atom stereocenters. The topological polar surface area (TPSA) is 32.3 Å². The SMILES string of the molecule is CN(C(=O)c1ccc(Br)cc1F)C1CC2CCC(C1)N2. The number of fused-ring (bicyclic) bond motifs is 2. The van der Waals surface area contributed by atoms with Gasteiger partial charge in [0, 0.05) is 29.6 Å². The summed E-state index contributed by atoms with van der Waals surface area (Å²) in [5, 5.41) is 3.55. The zero-order valence-corrected chi connectivity index (χ0v) is 13.0. The standard InChI is InChI=1S/C15H18BrFN2O/c1-19(12-7-10-3-4-11(8-12)18-10)15(20)13-5-2-9(16)6-14(13)17/h2,5-6,10-12,18H,3-4,7-8H2,1H3. The highest BCUT2D eigenvalue weighted by Crippen LogP contribution is 2.30. The van der Waals surface area contributed by atoms with Crippen LogP contribution < -0.4 is 5.32 Å². The predicted octanol–water partition coefficient (Wildman–Crippen LogP) is 2.94. The zero-order valence-electron chi connectivity index (χ0n) is 11.4. The van der Waals surface area contributed by atoms with E-state index in [9.17, 15) is 9.18 Å². The third kappa shape index (κ3) is 2.61. The molecule has 2 heterocycles. The van der Waals surface area contributed by atoms with Gasteiger partial charge in [-0.15, -0.1) is 0 Å². The molecular formula is C15H18BrFN2O. The van der Waals surface area contributed by atoms with E-state index in [4.69, 9.17) is 0 Å². The van der Waals surface area contributed by atoms with E-state index in [1.807, 2.05) is 0 Å². The van der Waals surface area contributed by atoms with Crippen molar-refractivity contribution in [2.24, 2.45) is 0 Å². The fourth-order valence-corrected chi connectivity index (χ4v) is 3.70. The van der Waals surface area contributed by atoms with E-state index in [0.29, 0.717) is 16.6 Å². The number of amides is 1. The first-order valence-corrected chi connectivity index (χ1v) is 7.82. The van der Waals surface area contributed by atoms with Gasteiger partial charge in [-0.3, -0.25) is 4.79 Å². The number of carbonyl (C=O) groups excluding carboxylic acids is 1. The highest BCUT2D eigenvalue weighted by molar-refractivity contribution is 9.10. The molecule has 0 saturated carbocycles. The summed E-state index contributed by atoms with van der Waals surface area (Å²) in [5.74, 6) is -0.686. The van der Waals surface area contributed by atoms with Crippen LogP contribution in [0.2, 0.25) is 0 Å². The molecule has 0 spiro atoms. The lowest BCUT2D eigenvalue weighted by atomic mass is 9.98. The molecule has 1 N–H and O–H groups in total. The fourth-order valence-electron chi connectivity index (χ4n) is 3.36. The lowest BCUT2D eigenvalue weighted by Gasteiger charge is -2.35. The molecule has 0 radical (unpaired) electrons. The van der Waals surface area contributed by atoms with Crippen molar-refractivity contribution in [1.29, 1.82) is 0 Å². The van der Waals surface area contributed by atoms with Gasteiger partial charge in [0.25, 0.3) is 5.91 Å². The fraction of sp³-hybridized carbons (Fsp3) is 0.533. The molecule has 2 fully saturated rings. The number of nitrogens with zero attached hydrogens (tertiary/aromatic N) is 1. The lowest BCUT2D eigenvalue weighted by Crippen LogP contribution is -2.48. The average molecular weight is 341 g/mol. The number of nitrogens with one attached hydrogen (secondary N) is 1. The van der Waals surface area contributed by atoms with Gasteiger partial charge in [0.15, 0.2) is 0 Å². The molecule has 2 atom stereocenters. The van der Waals surface area contributed by atoms with Gasteiger partial charge in [0.1, 0.15) is 5.82 Å². The zero-order chi connectivity index (χ0) is 14.3. The molecule has 2 aliphatic rings. The van der Waals surface area contributed by atoms with Crippen LogP contribution in [0.4, 0.5) is 4.39 Å². The van der Waals surface area contributed by atoms with Gasteiger partial charge in [-0.2, -0.15) is 0 Å². The molecule has 2 aliphatic heterocycles. The molecule has 5 heteroatoms. The minimum absolute atomic E-state index is 0.154. The van der Waals surface area contributed by atoms with Crippen molar-refractivity contribution >= 4 is 21.8 Å². The normalized spacial score (nSPS) is 28.4. The summed E-state index contributed by atoms with van der Waals surface area (Å²) in [6.45, 7) is 0. The van der Waals surface area contributed by atoms with Gasteiger partial charge in [-0.25, -0.2) is 4.39 Å². The maximum atomic E-state index is 13.9. The van der Waals surface area contributed by atoms with Crippen molar-refractivity contribution in [3.05, 3.63) is 34.1 Å². The first kappa shape index (κ1) is 14.0. The van der Waals surface area contributed by atoms with E-state index in [0.717, 1.165) is 12.8 Å². The van der Waals surface area contributed by atoms with Crippen molar-refractivity contribution in [1.82, 2.24) is 10.2 Å². The minimum atomic E-state index is -0.465. The van der Waals surface area contributed by atoms with Crippen LogP contribution in [0.5, 0.6) is 0 Å². The first-order valence-electron chi connectivity index (χ1n) is 7.03. The summed E-state index contributed by atoms with van der Waals surface area (Å²) in [6.07, 6.45) is 4.32. The van der Waals surface area contributed by atoms with Crippen LogP contribution in [-0.2, 0) is 0 Å². The van der Waals surface area contributed by atoms with E-state index in [1.54, 1.807) is 24.1 Å². The Hall–Kier alpha value is -0.940. The van der Waals surface area contributed by atoms with Crippen molar-refractivity contribution in [2.75, 3.05) is 7.05 Å². The summed E-state index contributed by atoms with van der Waals surface area (Å²) in [4.78, 5) is 14.2. The highest BCUT2D eigenvalue weighted by Gasteiger charge is 2.36. The minimum Gasteiger partial charge on any atom is -0.339 e. The molecule has 1 aromatic carbocycles.